The number of fused-ring (bicyclic) bond motifs is 1. The topological polar surface area (TPSA) is 40.5 Å². The van der Waals surface area contributed by atoms with Crippen molar-refractivity contribution in [2.75, 3.05) is 5.33 Å². The average Bonchev–Trinajstić information content (AvgIpc) is 2.70. The zero-order valence-electron chi connectivity index (χ0n) is 7.93. The Morgan fingerprint density at radius 2 is 2.00 bits per heavy atom. The third kappa shape index (κ3) is 2.08. The minimum Gasteiger partial charge on any atom is -0.389 e. The molecule has 2 N–H and O–H groups in total. The maximum Gasteiger partial charge on any atom is 0.107 e. The van der Waals surface area contributed by atoms with Gasteiger partial charge in [-0.3, -0.25) is 0 Å². The Morgan fingerprint density at radius 3 is 2.73 bits per heavy atom. The Balaban J connectivity index is 2.43. The van der Waals surface area contributed by atoms with Crippen LogP contribution >= 0.6 is 27.3 Å². The van der Waals surface area contributed by atoms with E-state index in [9.17, 15) is 10.2 Å². The Labute approximate surface area is 100 Å². The van der Waals surface area contributed by atoms with Crippen molar-refractivity contribution in [3.05, 3.63) is 35.2 Å². The van der Waals surface area contributed by atoms with Crippen molar-refractivity contribution in [1.82, 2.24) is 0 Å². The van der Waals surface area contributed by atoms with Gasteiger partial charge in [-0.15, -0.1) is 11.3 Å². The second-order valence-electron chi connectivity index (χ2n) is 3.35. The standard InChI is InChI=1S/C11H11BrO2S/c12-5-9(13)11(14)8-6-15-10-4-2-1-3-7(8)10/h1-4,6,9,11,13-14H,5H2. The van der Waals surface area contributed by atoms with Crippen LogP contribution in [0.15, 0.2) is 29.6 Å². The number of aliphatic hydroxyl groups excluding tert-OH is 2. The first-order valence-electron chi connectivity index (χ1n) is 4.62. The molecule has 2 nitrogen and oxygen atoms in total. The molecule has 0 saturated heterocycles. The van der Waals surface area contributed by atoms with Gasteiger partial charge in [-0.25, -0.2) is 0 Å². The molecule has 2 atom stereocenters. The molecule has 2 aromatic rings. The number of benzene rings is 1. The number of rotatable bonds is 3. The Morgan fingerprint density at radius 1 is 1.27 bits per heavy atom. The summed E-state index contributed by atoms with van der Waals surface area (Å²) < 4.78 is 1.13. The average molecular weight is 287 g/mol. The summed E-state index contributed by atoms with van der Waals surface area (Å²) in [5, 5.41) is 22.8. The first-order chi connectivity index (χ1) is 7.24. The molecule has 0 spiro atoms. The van der Waals surface area contributed by atoms with Crippen LogP contribution in [0.1, 0.15) is 11.7 Å². The van der Waals surface area contributed by atoms with Crippen molar-refractivity contribution in [3.8, 4) is 0 Å². The van der Waals surface area contributed by atoms with Crippen molar-refractivity contribution in [2.45, 2.75) is 12.2 Å². The molecule has 2 unspecified atom stereocenters. The Kier molecular flexibility index (Phi) is 3.41. The summed E-state index contributed by atoms with van der Waals surface area (Å²) in [5.41, 5.74) is 0.808. The third-order valence-electron chi connectivity index (χ3n) is 2.35. The van der Waals surface area contributed by atoms with E-state index in [1.54, 1.807) is 11.3 Å². The highest BCUT2D eigenvalue weighted by Gasteiger charge is 2.20. The van der Waals surface area contributed by atoms with Gasteiger partial charge in [0.05, 0.1) is 6.10 Å². The third-order valence-corrected chi connectivity index (χ3v) is 4.00. The number of halogens is 1. The summed E-state index contributed by atoms with van der Waals surface area (Å²) in [6.45, 7) is 0. The SMILES string of the molecule is OC(CBr)C(O)c1csc2ccccc12. The summed E-state index contributed by atoms with van der Waals surface area (Å²) in [6, 6.07) is 7.88. The molecule has 0 radical (unpaired) electrons. The molecule has 0 aliphatic rings. The van der Waals surface area contributed by atoms with Crippen LogP contribution in [0, 0.1) is 0 Å². The van der Waals surface area contributed by atoms with Gasteiger partial charge in [0.2, 0.25) is 0 Å². The largest absolute Gasteiger partial charge is 0.389 e. The predicted molar refractivity (Wildman–Crippen MR) is 66.6 cm³/mol. The highest BCUT2D eigenvalue weighted by atomic mass is 79.9. The summed E-state index contributed by atoms with van der Waals surface area (Å²) >= 11 is 4.74. The van der Waals surface area contributed by atoms with Crippen molar-refractivity contribution in [2.24, 2.45) is 0 Å². The monoisotopic (exact) mass is 286 g/mol. The van der Waals surface area contributed by atoms with E-state index in [1.165, 1.54) is 0 Å². The lowest BCUT2D eigenvalue weighted by atomic mass is 10.0. The number of aliphatic hydroxyl groups is 2. The second kappa shape index (κ2) is 4.61. The van der Waals surface area contributed by atoms with E-state index in [-0.39, 0.29) is 0 Å². The van der Waals surface area contributed by atoms with Gasteiger partial charge in [-0.1, -0.05) is 34.1 Å². The Hall–Kier alpha value is -0.420. The molecule has 0 fully saturated rings. The first kappa shape index (κ1) is 11.1. The summed E-state index contributed by atoms with van der Waals surface area (Å²) in [6.07, 6.45) is -1.58. The second-order valence-corrected chi connectivity index (χ2v) is 4.91. The van der Waals surface area contributed by atoms with Crippen molar-refractivity contribution < 1.29 is 10.2 Å². The van der Waals surface area contributed by atoms with E-state index in [1.807, 2.05) is 29.6 Å². The summed E-state index contributed by atoms with van der Waals surface area (Å²) in [5.74, 6) is 0. The van der Waals surface area contributed by atoms with Crippen LogP contribution in [0.2, 0.25) is 0 Å². The highest BCUT2D eigenvalue weighted by Crippen LogP contribution is 2.31. The minimum atomic E-state index is -0.819. The van der Waals surface area contributed by atoms with E-state index in [0.29, 0.717) is 5.33 Å². The summed E-state index contributed by atoms with van der Waals surface area (Å²) in [4.78, 5) is 0. The van der Waals surface area contributed by atoms with Gasteiger partial charge >= 0.3 is 0 Å². The van der Waals surface area contributed by atoms with Crippen LogP contribution in [-0.4, -0.2) is 21.6 Å². The fourth-order valence-corrected chi connectivity index (χ4v) is 2.86. The summed E-state index contributed by atoms with van der Waals surface area (Å²) in [7, 11) is 0. The van der Waals surface area contributed by atoms with E-state index >= 15 is 0 Å². The van der Waals surface area contributed by atoms with Crippen LogP contribution in [-0.2, 0) is 0 Å². The van der Waals surface area contributed by atoms with Crippen LogP contribution in [0.5, 0.6) is 0 Å². The smallest absolute Gasteiger partial charge is 0.107 e. The van der Waals surface area contributed by atoms with E-state index in [4.69, 9.17) is 0 Å². The normalized spacial score (nSPS) is 15.4. The highest BCUT2D eigenvalue weighted by molar-refractivity contribution is 9.09. The van der Waals surface area contributed by atoms with Gasteiger partial charge in [-0.2, -0.15) is 0 Å². The fourth-order valence-electron chi connectivity index (χ4n) is 1.52. The molecule has 1 aromatic carbocycles. The molecule has 2 rings (SSSR count). The lowest BCUT2D eigenvalue weighted by molar-refractivity contribution is 0.0354. The minimum absolute atomic E-state index is 0.373. The quantitative estimate of drug-likeness (QED) is 0.852. The van der Waals surface area contributed by atoms with Gasteiger partial charge in [0.25, 0.3) is 0 Å². The lowest BCUT2D eigenvalue weighted by Gasteiger charge is -2.14. The number of alkyl halides is 1. The molecule has 1 heterocycles. The molecular weight excluding hydrogens is 276 g/mol. The van der Waals surface area contributed by atoms with Crippen LogP contribution < -0.4 is 0 Å². The van der Waals surface area contributed by atoms with Gasteiger partial charge in [0.1, 0.15) is 6.10 Å². The number of hydrogen-bond acceptors (Lipinski definition) is 3. The van der Waals surface area contributed by atoms with E-state index in [2.05, 4.69) is 15.9 Å². The van der Waals surface area contributed by atoms with E-state index in [0.717, 1.165) is 15.6 Å². The molecule has 15 heavy (non-hydrogen) atoms. The molecule has 80 valence electrons. The molecule has 0 amide bonds. The maximum absolute atomic E-state index is 9.90. The predicted octanol–water partition coefficient (Wildman–Crippen LogP) is 2.69. The van der Waals surface area contributed by atoms with Crippen LogP contribution in [0.25, 0.3) is 10.1 Å². The van der Waals surface area contributed by atoms with E-state index < -0.39 is 12.2 Å². The first-order valence-corrected chi connectivity index (χ1v) is 6.62. The molecule has 1 aromatic heterocycles. The molecule has 0 aliphatic carbocycles. The maximum atomic E-state index is 9.90. The van der Waals surface area contributed by atoms with Crippen molar-refractivity contribution in [1.29, 1.82) is 0 Å². The van der Waals surface area contributed by atoms with Gasteiger partial charge in [0.15, 0.2) is 0 Å². The Bertz CT molecular complexity index is 455. The van der Waals surface area contributed by atoms with Crippen LogP contribution in [0.3, 0.4) is 0 Å². The van der Waals surface area contributed by atoms with Crippen molar-refractivity contribution >= 4 is 37.4 Å². The molecule has 0 bridgehead atoms. The molecule has 4 heteroatoms. The van der Waals surface area contributed by atoms with Crippen LogP contribution in [0.4, 0.5) is 0 Å². The molecule has 0 saturated carbocycles. The fraction of sp³-hybridized carbons (Fsp3) is 0.273. The van der Waals surface area contributed by atoms with Gasteiger partial charge < -0.3 is 10.2 Å². The number of hydrogen-bond donors (Lipinski definition) is 2. The van der Waals surface area contributed by atoms with Crippen molar-refractivity contribution in [3.63, 3.8) is 0 Å². The molecular formula is C11H11BrO2S. The van der Waals surface area contributed by atoms with Gasteiger partial charge in [0, 0.05) is 15.6 Å². The molecule has 0 aliphatic heterocycles. The number of thiophene rings is 1. The zero-order chi connectivity index (χ0) is 10.8. The zero-order valence-corrected chi connectivity index (χ0v) is 10.3. The van der Waals surface area contributed by atoms with Gasteiger partial charge in [-0.05, 0) is 16.8 Å². The lowest BCUT2D eigenvalue weighted by Crippen LogP contribution is -2.19.